The molecule has 2 aliphatic heterocycles. The van der Waals surface area contributed by atoms with Crippen molar-refractivity contribution in [3.8, 4) is 11.8 Å². The molecule has 0 saturated carbocycles. The number of urea groups is 1. The zero-order chi connectivity index (χ0) is 18.6. The summed E-state index contributed by atoms with van der Waals surface area (Å²) < 4.78 is 0. The highest BCUT2D eigenvalue weighted by Gasteiger charge is 2.25. The zero-order valence-corrected chi connectivity index (χ0v) is 15.0. The summed E-state index contributed by atoms with van der Waals surface area (Å²) in [6.45, 7) is 5.12. The normalized spacial score (nSPS) is 18.1. The maximum Gasteiger partial charge on any atom is 0.328 e. The number of carbonyl (C=O) groups is 2. The minimum Gasteiger partial charge on any atom is -0.314 e. The molecule has 2 fully saturated rings. The lowest BCUT2D eigenvalue weighted by Crippen LogP contribution is -2.49. The third-order valence-electron chi connectivity index (χ3n) is 4.86. The molecule has 2 saturated heterocycles. The lowest BCUT2D eigenvalue weighted by molar-refractivity contribution is -0.120. The number of fused-ring (bicyclic) bond motifs is 1. The predicted octanol–water partition coefficient (Wildman–Crippen LogP) is 0.938. The fraction of sp³-hybridized carbons (Fsp3) is 0.350. The Morgan fingerprint density at radius 2 is 1.93 bits per heavy atom. The van der Waals surface area contributed by atoms with E-state index in [0.29, 0.717) is 12.2 Å². The van der Waals surface area contributed by atoms with E-state index in [2.05, 4.69) is 32.4 Å². The monoisotopic (exact) mass is 363 g/mol. The molecule has 4 rings (SSSR count). The Morgan fingerprint density at radius 3 is 2.74 bits per heavy atom. The van der Waals surface area contributed by atoms with Crippen molar-refractivity contribution in [1.82, 2.24) is 20.5 Å². The molecule has 2 aliphatic rings. The number of hydrogen-bond acceptors (Lipinski definition) is 5. The fourth-order valence-electron chi connectivity index (χ4n) is 3.41. The molecule has 0 aliphatic carbocycles. The number of rotatable bonds is 2. The van der Waals surface area contributed by atoms with Crippen LogP contribution in [0, 0.1) is 11.8 Å². The van der Waals surface area contributed by atoms with E-state index in [-0.39, 0.29) is 12.3 Å². The molecule has 7 nitrogen and oxygen atoms in total. The molecule has 138 valence electrons. The number of nitrogens with zero attached hydrogens (tertiary/aromatic N) is 3. The van der Waals surface area contributed by atoms with Crippen LogP contribution in [-0.2, 0) is 4.79 Å². The van der Waals surface area contributed by atoms with Crippen LogP contribution in [-0.4, -0.2) is 61.1 Å². The smallest absolute Gasteiger partial charge is 0.314 e. The van der Waals surface area contributed by atoms with Crippen LogP contribution in [0.15, 0.2) is 30.6 Å². The van der Waals surface area contributed by atoms with E-state index in [1.165, 1.54) is 0 Å². The van der Waals surface area contributed by atoms with Crippen molar-refractivity contribution in [2.24, 2.45) is 0 Å². The van der Waals surface area contributed by atoms with Crippen molar-refractivity contribution in [3.05, 3.63) is 36.2 Å². The molecule has 1 aromatic heterocycles. The first kappa shape index (κ1) is 17.5. The number of piperazine rings is 1. The van der Waals surface area contributed by atoms with E-state index >= 15 is 0 Å². The van der Waals surface area contributed by atoms with Gasteiger partial charge in [-0.2, -0.15) is 0 Å². The molecule has 2 aromatic rings. The van der Waals surface area contributed by atoms with Gasteiger partial charge in [-0.1, -0.05) is 24.0 Å². The van der Waals surface area contributed by atoms with Gasteiger partial charge in [0, 0.05) is 61.7 Å². The van der Waals surface area contributed by atoms with Gasteiger partial charge in [0.15, 0.2) is 0 Å². The number of imide groups is 1. The molecule has 1 aromatic carbocycles. The van der Waals surface area contributed by atoms with Crippen LogP contribution in [0.2, 0.25) is 0 Å². The molecular formula is C20H21N5O2. The Bertz CT molecular complexity index is 940. The van der Waals surface area contributed by atoms with Gasteiger partial charge in [0.2, 0.25) is 5.91 Å². The quantitative estimate of drug-likeness (QED) is 0.777. The van der Waals surface area contributed by atoms with Crippen LogP contribution >= 0.6 is 0 Å². The van der Waals surface area contributed by atoms with E-state index in [9.17, 15) is 9.59 Å². The van der Waals surface area contributed by atoms with Gasteiger partial charge < -0.3 is 5.32 Å². The summed E-state index contributed by atoms with van der Waals surface area (Å²) in [5.41, 5.74) is 1.59. The standard InChI is InChI=1S/C20H21N5O2/c26-19-6-10-25(20(27)23-19)18-14-22-13-17-15(3-1-5-16(17)18)4-2-9-24-11-7-21-8-12-24/h1,3,5,13-14,21H,6-12H2,(H,23,26,27). The van der Waals surface area contributed by atoms with Crippen molar-refractivity contribution in [1.29, 1.82) is 0 Å². The van der Waals surface area contributed by atoms with Gasteiger partial charge in [0.1, 0.15) is 0 Å². The van der Waals surface area contributed by atoms with Crippen LogP contribution in [0.1, 0.15) is 12.0 Å². The Kier molecular flexibility index (Phi) is 5.01. The summed E-state index contributed by atoms with van der Waals surface area (Å²) >= 11 is 0. The Balaban J connectivity index is 1.62. The third-order valence-corrected chi connectivity index (χ3v) is 4.86. The lowest BCUT2D eigenvalue weighted by atomic mass is 10.0. The number of benzene rings is 1. The van der Waals surface area contributed by atoms with E-state index in [4.69, 9.17) is 0 Å². The molecule has 0 atom stereocenters. The van der Waals surface area contributed by atoms with Crippen LogP contribution < -0.4 is 15.5 Å². The highest BCUT2D eigenvalue weighted by atomic mass is 16.2. The largest absolute Gasteiger partial charge is 0.328 e. The second-order valence-electron chi connectivity index (χ2n) is 6.64. The number of aromatic nitrogens is 1. The summed E-state index contributed by atoms with van der Waals surface area (Å²) in [5, 5.41) is 7.51. The lowest BCUT2D eigenvalue weighted by Gasteiger charge is -2.27. The van der Waals surface area contributed by atoms with Crippen LogP contribution in [0.3, 0.4) is 0 Å². The van der Waals surface area contributed by atoms with Crippen molar-refractivity contribution >= 4 is 28.4 Å². The van der Waals surface area contributed by atoms with Gasteiger partial charge in [-0.15, -0.1) is 0 Å². The molecule has 7 heteroatoms. The molecule has 2 N–H and O–H groups in total. The first-order valence-electron chi connectivity index (χ1n) is 9.12. The summed E-state index contributed by atoms with van der Waals surface area (Å²) in [5.74, 6) is 6.27. The summed E-state index contributed by atoms with van der Waals surface area (Å²) in [4.78, 5) is 31.8. The minimum atomic E-state index is -0.407. The van der Waals surface area contributed by atoms with E-state index in [0.717, 1.165) is 49.1 Å². The molecule has 3 heterocycles. The van der Waals surface area contributed by atoms with E-state index < -0.39 is 6.03 Å². The van der Waals surface area contributed by atoms with Crippen LogP contribution in [0.25, 0.3) is 10.8 Å². The Morgan fingerprint density at radius 1 is 1.07 bits per heavy atom. The second kappa shape index (κ2) is 7.74. The van der Waals surface area contributed by atoms with Crippen molar-refractivity contribution in [2.45, 2.75) is 6.42 Å². The highest BCUT2D eigenvalue weighted by molar-refractivity contribution is 6.10. The van der Waals surface area contributed by atoms with Gasteiger partial charge in [-0.3, -0.25) is 24.9 Å². The van der Waals surface area contributed by atoms with Gasteiger partial charge in [0.25, 0.3) is 0 Å². The molecular weight excluding hydrogens is 342 g/mol. The molecule has 0 spiro atoms. The SMILES string of the molecule is O=C1CCN(c2cncc3c(C#CCN4CCNCC4)cccc23)C(=O)N1. The Labute approximate surface area is 157 Å². The average Bonchev–Trinajstić information content (AvgIpc) is 2.69. The van der Waals surface area contributed by atoms with Crippen molar-refractivity contribution in [3.63, 3.8) is 0 Å². The predicted molar refractivity (Wildman–Crippen MR) is 103 cm³/mol. The molecule has 0 bridgehead atoms. The maximum atomic E-state index is 12.2. The minimum absolute atomic E-state index is 0.246. The average molecular weight is 363 g/mol. The van der Waals surface area contributed by atoms with Crippen molar-refractivity contribution in [2.75, 3.05) is 44.2 Å². The molecule has 0 radical (unpaired) electrons. The summed E-state index contributed by atoms with van der Waals surface area (Å²) in [6.07, 6.45) is 3.72. The number of amides is 3. The van der Waals surface area contributed by atoms with Gasteiger partial charge in [0.05, 0.1) is 18.4 Å². The maximum absolute atomic E-state index is 12.2. The molecule has 3 amide bonds. The number of hydrogen-bond donors (Lipinski definition) is 2. The first-order valence-corrected chi connectivity index (χ1v) is 9.12. The zero-order valence-electron chi connectivity index (χ0n) is 15.0. The second-order valence-corrected chi connectivity index (χ2v) is 6.64. The fourth-order valence-corrected chi connectivity index (χ4v) is 3.41. The van der Waals surface area contributed by atoms with Crippen LogP contribution in [0.5, 0.6) is 0 Å². The van der Waals surface area contributed by atoms with Crippen molar-refractivity contribution < 1.29 is 9.59 Å². The van der Waals surface area contributed by atoms with Gasteiger partial charge in [-0.05, 0) is 6.07 Å². The number of anilines is 1. The number of carbonyl (C=O) groups excluding carboxylic acids is 2. The van der Waals surface area contributed by atoms with Crippen LogP contribution in [0.4, 0.5) is 10.5 Å². The summed E-state index contributed by atoms with van der Waals surface area (Å²) in [7, 11) is 0. The number of nitrogens with one attached hydrogen (secondary N) is 2. The Hall–Kier alpha value is -2.95. The number of pyridine rings is 1. The molecule has 0 unspecified atom stereocenters. The third kappa shape index (κ3) is 3.77. The molecule has 27 heavy (non-hydrogen) atoms. The van der Waals surface area contributed by atoms with E-state index in [1.54, 1.807) is 17.3 Å². The first-order chi connectivity index (χ1) is 13.2. The van der Waals surface area contributed by atoms with Gasteiger partial charge >= 0.3 is 6.03 Å². The topological polar surface area (TPSA) is 77.6 Å². The highest BCUT2D eigenvalue weighted by Crippen LogP contribution is 2.28. The summed E-state index contributed by atoms with van der Waals surface area (Å²) in [6, 6.07) is 5.46. The van der Waals surface area contributed by atoms with Gasteiger partial charge in [-0.25, -0.2) is 4.79 Å². The van der Waals surface area contributed by atoms with E-state index in [1.807, 2.05) is 18.2 Å².